The minimum absolute atomic E-state index is 0.276. The van der Waals surface area contributed by atoms with E-state index in [1.165, 1.54) is 51.0 Å². The topological polar surface area (TPSA) is 9.23 Å². The monoisotopic (exact) mass is 284 g/mol. The lowest BCUT2D eigenvalue weighted by atomic mass is 9.74. The summed E-state index contributed by atoms with van der Waals surface area (Å²) in [7, 11) is -2.49. The van der Waals surface area contributed by atoms with Crippen molar-refractivity contribution in [2.24, 2.45) is 5.92 Å². The highest BCUT2D eigenvalue weighted by Crippen LogP contribution is 2.48. The normalized spacial score (nSPS) is 36.5. The van der Waals surface area contributed by atoms with Crippen molar-refractivity contribution in [2.75, 3.05) is 0 Å². The van der Waals surface area contributed by atoms with Gasteiger partial charge in [0, 0.05) is 0 Å². The lowest BCUT2D eigenvalue weighted by molar-refractivity contribution is -0.0249. The minimum atomic E-state index is -1.42. The zero-order valence-electron chi connectivity index (χ0n) is 13.1. The molecule has 1 heterocycles. The maximum atomic E-state index is 6.97. The van der Waals surface area contributed by atoms with E-state index in [9.17, 15) is 0 Å². The summed E-state index contributed by atoms with van der Waals surface area (Å²) >= 11 is 0. The first-order chi connectivity index (χ1) is 8.33. The van der Waals surface area contributed by atoms with Crippen LogP contribution in [0.4, 0.5) is 0 Å². The van der Waals surface area contributed by atoms with Gasteiger partial charge in [-0.25, -0.2) is 0 Å². The van der Waals surface area contributed by atoms with Crippen LogP contribution in [0.1, 0.15) is 51.9 Å². The van der Waals surface area contributed by atoms with Crippen LogP contribution in [0.25, 0.3) is 0 Å². The van der Waals surface area contributed by atoms with Crippen molar-refractivity contribution in [3.8, 4) is 0 Å². The van der Waals surface area contributed by atoms with Gasteiger partial charge in [0.1, 0.15) is 0 Å². The Morgan fingerprint density at radius 3 is 2.17 bits per heavy atom. The van der Waals surface area contributed by atoms with Crippen LogP contribution in [0.15, 0.2) is 0 Å². The largest absolute Gasteiger partial charge is 0.414 e. The van der Waals surface area contributed by atoms with Crippen LogP contribution in [0.2, 0.25) is 32.2 Å². The smallest absolute Gasteiger partial charge is 0.174 e. The molecule has 0 spiro atoms. The van der Waals surface area contributed by atoms with Gasteiger partial charge >= 0.3 is 0 Å². The van der Waals surface area contributed by atoms with Gasteiger partial charge in [0.25, 0.3) is 0 Å². The molecule has 0 aromatic heterocycles. The third-order valence-electron chi connectivity index (χ3n) is 6.21. The van der Waals surface area contributed by atoms with E-state index in [2.05, 4.69) is 33.1 Å². The molecule has 1 saturated heterocycles. The summed E-state index contributed by atoms with van der Waals surface area (Å²) in [5, 5.41) is 0. The molecule has 2 aliphatic rings. The Kier molecular flexibility index (Phi) is 4.16. The fourth-order valence-electron chi connectivity index (χ4n) is 3.98. The van der Waals surface area contributed by atoms with Gasteiger partial charge in [-0.1, -0.05) is 45.3 Å². The maximum Gasteiger partial charge on any atom is 0.174 e. The summed E-state index contributed by atoms with van der Waals surface area (Å²) in [6.07, 6.45) is 9.82. The van der Waals surface area contributed by atoms with Crippen LogP contribution in [0.3, 0.4) is 0 Å². The summed E-state index contributed by atoms with van der Waals surface area (Å²) in [6.45, 7) is 12.5. The third-order valence-corrected chi connectivity index (χ3v) is 22.7. The first-order valence-electron chi connectivity index (χ1n) is 8.03. The minimum Gasteiger partial charge on any atom is -0.414 e. The average molecular weight is 285 g/mol. The quantitative estimate of drug-likeness (QED) is 0.639. The SMILES string of the molecule is CCC1(C2CCCCC2)CC[Si](C)(C)[Si](C)(C)O1. The zero-order chi connectivity index (χ0) is 13.4. The molecule has 3 heteroatoms. The number of hydrogen-bond acceptors (Lipinski definition) is 1. The second-order valence-electron chi connectivity index (χ2n) is 7.75. The lowest BCUT2D eigenvalue weighted by Gasteiger charge is -2.55. The molecule has 0 N–H and O–H groups in total. The van der Waals surface area contributed by atoms with Crippen LogP contribution in [0, 0.1) is 5.92 Å². The molecule has 18 heavy (non-hydrogen) atoms. The van der Waals surface area contributed by atoms with E-state index in [0.717, 1.165) is 5.92 Å². The van der Waals surface area contributed by atoms with Gasteiger partial charge in [0.05, 0.1) is 13.2 Å². The van der Waals surface area contributed by atoms with Gasteiger partial charge in [0.2, 0.25) is 0 Å². The van der Waals surface area contributed by atoms with Crippen molar-refractivity contribution in [3.63, 3.8) is 0 Å². The Morgan fingerprint density at radius 2 is 1.67 bits per heavy atom. The maximum absolute atomic E-state index is 6.97. The summed E-state index contributed by atoms with van der Waals surface area (Å²) < 4.78 is 6.97. The molecule has 1 unspecified atom stereocenters. The Morgan fingerprint density at radius 1 is 1.06 bits per heavy atom. The second-order valence-corrected chi connectivity index (χ2v) is 22.9. The van der Waals surface area contributed by atoms with E-state index < -0.39 is 15.4 Å². The summed E-state index contributed by atoms with van der Waals surface area (Å²) in [6, 6.07) is 1.51. The van der Waals surface area contributed by atoms with Gasteiger partial charge in [-0.3, -0.25) is 0 Å². The van der Waals surface area contributed by atoms with Crippen LogP contribution < -0.4 is 0 Å². The van der Waals surface area contributed by atoms with Crippen LogP contribution in [-0.4, -0.2) is 21.0 Å². The Bertz CT molecular complexity index is 295. The third kappa shape index (κ3) is 2.50. The van der Waals surface area contributed by atoms with E-state index in [4.69, 9.17) is 4.43 Å². The molecule has 1 atom stereocenters. The van der Waals surface area contributed by atoms with Gasteiger partial charge in [0.15, 0.2) is 7.83 Å². The van der Waals surface area contributed by atoms with E-state index in [-0.39, 0.29) is 5.60 Å². The van der Waals surface area contributed by atoms with Crippen molar-refractivity contribution < 1.29 is 4.43 Å². The van der Waals surface area contributed by atoms with E-state index in [0.29, 0.717) is 0 Å². The standard InChI is InChI=1S/C15H32OSi2/c1-6-15(14-10-8-7-9-11-14)12-13-17(2,3)18(4,5)16-15/h14H,6-13H2,1-5H3. The van der Waals surface area contributed by atoms with E-state index >= 15 is 0 Å². The molecule has 1 aliphatic carbocycles. The highest BCUT2D eigenvalue weighted by atomic mass is 29.3. The van der Waals surface area contributed by atoms with E-state index in [1.54, 1.807) is 0 Å². The molecular weight excluding hydrogens is 252 g/mol. The highest BCUT2D eigenvalue weighted by molar-refractivity contribution is 7.38. The summed E-state index contributed by atoms with van der Waals surface area (Å²) in [4.78, 5) is 0. The Labute approximate surface area is 116 Å². The molecule has 2 rings (SSSR count). The molecule has 1 nitrogen and oxygen atoms in total. The van der Waals surface area contributed by atoms with E-state index in [1.807, 2.05) is 0 Å². The van der Waals surface area contributed by atoms with Crippen molar-refractivity contribution in [1.29, 1.82) is 0 Å². The van der Waals surface area contributed by atoms with Gasteiger partial charge in [-0.05, 0) is 44.7 Å². The van der Waals surface area contributed by atoms with Crippen LogP contribution >= 0.6 is 0 Å². The van der Waals surface area contributed by atoms with Gasteiger partial charge in [-0.15, -0.1) is 0 Å². The molecule has 0 amide bonds. The number of rotatable bonds is 2. The fraction of sp³-hybridized carbons (Fsp3) is 1.00. The zero-order valence-corrected chi connectivity index (χ0v) is 15.1. The summed E-state index contributed by atoms with van der Waals surface area (Å²) in [5.41, 5.74) is 0.276. The average Bonchev–Trinajstić information content (AvgIpc) is 2.34. The predicted octanol–water partition coefficient (Wildman–Crippen LogP) is 5.13. The molecule has 1 saturated carbocycles. The van der Waals surface area contributed by atoms with Crippen molar-refractivity contribution >= 4 is 15.4 Å². The molecule has 2 fully saturated rings. The van der Waals surface area contributed by atoms with Crippen LogP contribution in [-0.2, 0) is 4.43 Å². The summed E-state index contributed by atoms with van der Waals surface area (Å²) in [5.74, 6) is 0.869. The number of hydrogen-bond donors (Lipinski definition) is 0. The van der Waals surface area contributed by atoms with Gasteiger partial charge in [-0.2, -0.15) is 0 Å². The predicted molar refractivity (Wildman–Crippen MR) is 85.1 cm³/mol. The highest BCUT2D eigenvalue weighted by Gasteiger charge is 2.54. The molecular formula is C15H32OSi2. The fourth-order valence-corrected chi connectivity index (χ4v) is 11.0. The van der Waals surface area contributed by atoms with Gasteiger partial charge < -0.3 is 4.43 Å². The molecule has 0 aromatic rings. The first-order valence-corrected chi connectivity index (χ1v) is 15.1. The Balaban J connectivity index is 2.18. The van der Waals surface area contributed by atoms with Crippen LogP contribution in [0.5, 0.6) is 0 Å². The molecule has 1 aliphatic heterocycles. The van der Waals surface area contributed by atoms with Crippen molar-refractivity contribution in [2.45, 2.75) is 89.7 Å². The second kappa shape index (κ2) is 5.06. The molecule has 0 aromatic carbocycles. The lowest BCUT2D eigenvalue weighted by Crippen LogP contribution is -2.66. The Hall–Kier alpha value is 0.394. The molecule has 0 radical (unpaired) electrons. The molecule has 0 bridgehead atoms. The first kappa shape index (κ1) is 14.8. The molecule has 106 valence electrons. The van der Waals surface area contributed by atoms with Crippen molar-refractivity contribution in [3.05, 3.63) is 0 Å². The van der Waals surface area contributed by atoms with Crippen molar-refractivity contribution in [1.82, 2.24) is 0 Å².